The van der Waals surface area contributed by atoms with Crippen molar-refractivity contribution in [3.8, 4) is 5.75 Å². The predicted octanol–water partition coefficient (Wildman–Crippen LogP) is 2.74. The highest BCUT2D eigenvalue weighted by molar-refractivity contribution is 5.97. The van der Waals surface area contributed by atoms with Crippen molar-refractivity contribution in [3.63, 3.8) is 0 Å². The molecule has 126 valence electrons. The number of carbonyl (C=O) groups excluding carboxylic acids is 1. The van der Waals surface area contributed by atoms with E-state index in [4.69, 9.17) is 10.5 Å². The number of alkyl halides is 3. The maximum Gasteiger partial charge on any atom is 0.416 e. The van der Waals surface area contributed by atoms with Gasteiger partial charge in [-0.05, 0) is 37.0 Å². The summed E-state index contributed by atoms with van der Waals surface area (Å²) in [6, 6.07) is 2.60. The Balaban J connectivity index is 2.27. The highest BCUT2D eigenvalue weighted by Crippen LogP contribution is 2.34. The molecule has 1 fully saturated rings. The number of nitrogens with one attached hydrogen (secondary N) is 1. The number of ether oxygens (including phenoxy) is 1. The number of halogens is 3. The van der Waals surface area contributed by atoms with Crippen molar-refractivity contribution < 1.29 is 22.7 Å². The Bertz CT molecular complexity index is 583. The van der Waals surface area contributed by atoms with Gasteiger partial charge in [0.15, 0.2) is 0 Å². The highest BCUT2D eigenvalue weighted by Gasteiger charge is 2.34. The molecule has 1 aliphatic carbocycles. The van der Waals surface area contributed by atoms with Crippen LogP contribution in [0.3, 0.4) is 0 Å². The first-order valence-electron chi connectivity index (χ1n) is 7.32. The summed E-state index contributed by atoms with van der Waals surface area (Å²) in [4.78, 5) is 12.4. The molecule has 0 heterocycles. The molecule has 0 radical (unpaired) electrons. The molecule has 1 aromatic rings. The summed E-state index contributed by atoms with van der Waals surface area (Å²) in [7, 11) is 0. The fraction of sp³-hybridized carbons (Fsp3) is 0.438. The smallest absolute Gasteiger partial charge is 0.416 e. The molecule has 2 rings (SSSR count). The Morgan fingerprint density at radius 2 is 2.17 bits per heavy atom. The molecule has 1 saturated carbocycles. The van der Waals surface area contributed by atoms with Gasteiger partial charge in [0.05, 0.1) is 11.1 Å². The minimum Gasteiger partial charge on any atom is -0.489 e. The number of benzene rings is 1. The summed E-state index contributed by atoms with van der Waals surface area (Å²) in [6.07, 6.45) is -1.16. The number of nitrogens with two attached hydrogens (primary N) is 1. The van der Waals surface area contributed by atoms with Crippen LogP contribution in [-0.2, 0) is 6.18 Å². The van der Waals surface area contributed by atoms with E-state index in [0.717, 1.165) is 31.0 Å². The second kappa shape index (κ2) is 7.04. The molecule has 1 amide bonds. The SMILES string of the molecule is C=CCOc1ccc(C(F)(F)F)cc1C(=O)NC(CN)C1CC1. The van der Waals surface area contributed by atoms with Crippen molar-refractivity contribution in [2.75, 3.05) is 13.2 Å². The second-order valence-corrected chi connectivity index (χ2v) is 5.46. The van der Waals surface area contributed by atoms with Crippen LogP contribution in [0.25, 0.3) is 0 Å². The van der Waals surface area contributed by atoms with Gasteiger partial charge in [0.2, 0.25) is 0 Å². The predicted molar refractivity (Wildman–Crippen MR) is 80.2 cm³/mol. The lowest BCUT2D eigenvalue weighted by molar-refractivity contribution is -0.137. The monoisotopic (exact) mass is 328 g/mol. The van der Waals surface area contributed by atoms with Crippen molar-refractivity contribution in [3.05, 3.63) is 42.0 Å². The average molecular weight is 328 g/mol. The number of rotatable bonds is 7. The topological polar surface area (TPSA) is 64.3 Å². The highest BCUT2D eigenvalue weighted by atomic mass is 19.4. The lowest BCUT2D eigenvalue weighted by atomic mass is 10.1. The van der Waals surface area contributed by atoms with E-state index in [0.29, 0.717) is 5.92 Å². The Morgan fingerprint density at radius 1 is 1.48 bits per heavy atom. The summed E-state index contributed by atoms with van der Waals surface area (Å²) >= 11 is 0. The maximum atomic E-state index is 12.9. The van der Waals surface area contributed by atoms with E-state index in [-0.39, 0.29) is 30.5 Å². The minimum atomic E-state index is -4.53. The van der Waals surface area contributed by atoms with Crippen LogP contribution in [0.2, 0.25) is 0 Å². The summed E-state index contributed by atoms with van der Waals surface area (Å²) in [5.74, 6) is -0.230. The van der Waals surface area contributed by atoms with Crippen molar-refractivity contribution in [2.24, 2.45) is 11.7 Å². The molecule has 0 bridgehead atoms. The molecule has 1 aromatic carbocycles. The molecule has 0 aliphatic heterocycles. The van der Waals surface area contributed by atoms with Crippen molar-refractivity contribution in [1.82, 2.24) is 5.32 Å². The van der Waals surface area contributed by atoms with Crippen LogP contribution in [0, 0.1) is 5.92 Å². The number of hydrogen-bond donors (Lipinski definition) is 2. The van der Waals surface area contributed by atoms with Gasteiger partial charge in [0.1, 0.15) is 12.4 Å². The fourth-order valence-corrected chi connectivity index (χ4v) is 2.27. The standard InChI is InChI=1S/C16H19F3N2O2/c1-2-7-23-14-6-5-11(16(17,18)19)8-12(14)15(22)21-13(9-20)10-3-4-10/h2,5-6,8,10,13H,1,3-4,7,9,20H2,(H,21,22). The first-order valence-corrected chi connectivity index (χ1v) is 7.32. The Hall–Kier alpha value is -2.02. The molecule has 1 atom stereocenters. The molecule has 23 heavy (non-hydrogen) atoms. The molecule has 0 saturated heterocycles. The molecular weight excluding hydrogens is 309 g/mol. The lowest BCUT2D eigenvalue weighted by Crippen LogP contribution is -2.41. The van der Waals surface area contributed by atoms with Crippen molar-refractivity contribution in [2.45, 2.75) is 25.1 Å². The first kappa shape index (κ1) is 17.3. The van der Waals surface area contributed by atoms with Crippen LogP contribution >= 0.6 is 0 Å². The van der Waals surface area contributed by atoms with Crippen LogP contribution in [0.4, 0.5) is 13.2 Å². The van der Waals surface area contributed by atoms with E-state index in [2.05, 4.69) is 11.9 Å². The normalized spacial score (nSPS) is 15.8. The minimum absolute atomic E-state index is 0.0852. The number of carbonyl (C=O) groups is 1. The number of hydrogen-bond acceptors (Lipinski definition) is 3. The molecule has 3 N–H and O–H groups in total. The fourth-order valence-electron chi connectivity index (χ4n) is 2.27. The van der Waals surface area contributed by atoms with Gasteiger partial charge in [-0.2, -0.15) is 13.2 Å². The summed E-state index contributed by atoms with van der Waals surface area (Å²) < 4.78 is 43.9. The third-order valence-electron chi connectivity index (χ3n) is 3.67. The summed E-state index contributed by atoms with van der Waals surface area (Å²) in [5.41, 5.74) is 4.57. The maximum absolute atomic E-state index is 12.9. The van der Waals surface area contributed by atoms with Crippen LogP contribution in [0.5, 0.6) is 5.75 Å². The third kappa shape index (κ3) is 4.48. The van der Waals surface area contributed by atoms with Gasteiger partial charge in [-0.3, -0.25) is 4.79 Å². The van der Waals surface area contributed by atoms with E-state index in [1.165, 1.54) is 6.08 Å². The molecule has 1 aliphatic rings. The Labute approximate surface area is 132 Å². The van der Waals surface area contributed by atoms with Gasteiger partial charge in [-0.15, -0.1) is 0 Å². The van der Waals surface area contributed by atoms with Crippen LogP contribution in [0.15, 0.2) is 30.9 Å². The van der Waals surface area contributed by atoms with Gasteiger partial charge in [0, 0.05) is 12.6 Å². The number of amides is 1. The van der Waals surface area contributed by atoms with Crippen molar-refractivity contribution >= 4 is 5.91 Å². The van der Waals surface area contributed by atoms with Gasteiger partial charge >= 0.3 is 6.18 Å². The largest absolute Gasteiger partial charge is 0.489 e. The van der Waals surface area contributed by atoms with Gasteiger partial charge in [-0.1, -0.05) is 12.7 Å². The van der Waals surface area contributed by atoms with E-state index in [1.807, 2.05) is 0 Å². The van der Waals surface area contributed by atoms with Gasteiger partial charge in [-0.25, -0.2) is 0 Å². The van der Waals surface area contributed by atoms with E-state index < -0.39 is 17.6 Å². The molecule has 0 aromatic heterocycles. The van der Waals surface area contributed by atoms with E-state index in [9.17, 15) is 18.0 Å². The average Bonchev–Trinajstić information content (AvgIpc) is 3.34. The molecule has 1 unspecified atom stereocenters. The lowest BCUT2D eigenvalue weighted by Gasteiger charge is -2.18. The molecule has 0 spiro atoms. The van der Waals surface area contributed by atoms with Crippen LogP contribution in [0.1, 0.15) is 28.8 Å². The molecule has 7 heteroatoms. The van der Waals surface area contributed by atoms with Gasteiger partial charge in [0.25, 0.3) is 5.91 Å². The summed E-state index contributed by atoms with van der Waals surface area (Å²) in [6.45, 7) is 3.82. The summed E-state index contributed by atoms with van der Waals surface area (Å²) in [5, 5.41) is 2.70. The first-order chi connectivity index (χ1) is 10.9. The zero-order chi connectivity index (χ0) is 17.0. The Morgan fingerprint density at radius 3 is 2.70 bits per heavy atom. The zero-order valence-electron chi connectivity index (χ0n) is 12.5. The molecular formula is C16H19F3N2O2. The molecule has 4 nitrogen and oxygen atoms in total. The van der Waals surface area contributed by atoms with E-state index >= 15 is 0 Å². The third-order valence-corrected chi connectivity index (χ3v) is 3.67. The van der Waals surface area contributed by atoms with Crippen LogP contribution in [-0.4, -0.2) is 25.1 Å². The van der Waals surface area contributed by atoms with Crippen molar-refractivity contribution in [1.29, 1.82) is 0 Å². The zero-order valence-corrected chi connectivity index (χ0v) is 12.5. The van der Waals surface area contributed by atoms with E-state index in [1.54, 1.807) is 0 Å². The van der Waals surface area contributed by atoms with Gasteiger partial charge < -0.3 is 15.8 Å². The Kier molecular flexibility index (Phi) is 5.30. The second-order valence-electron chi connectivity index (χ2n) is 5.46. The quantitative estimate of drug-likeness (QED) is 0.757. The van der Waals surface area contributed by atoms with Crippen LogP contribution < -0.4 is 15.8 Å².